The highest BCUT2D eigenvalue weighted by atomic mass is 16.6. The van der Waals surface area contributed by atoms with E-state index in [2.05, 4.69) is 13.8 Å². The van der Waals surface area contributed by atoms with Crippen LogP contribution in [0.15, 0.2) is 0 Å². The number of hydrogen-bond donors (Lipinski definition) is 0. The van der Waals surface area contributed by atoms with Crippen molar-refractivity contribution in [2.45, 2.75) is 84.2 Å². The van der Waals surface area contributed by atoms with Crippen LogP contribution < -0.4 is 0 Å². The topological polar surface area (TPSA) is 43.4 Å². The first-order valence-corrected chi connectivity index (χ1v) is 10.1. The molecule has 24 heavy (non-hydrogen) atoms. The van der Waals surface area contributed by atoms with Crippen molar-refractivity contribution in [3.8, 4) is 0 Å². The summed E-state index contributed by atoms with van der Waals surface area (Å²) in [6, 6.07) is 0. The molecule has 0 bridgehead atoms. The Morgan fingerprint density at radius 2 is 1.75 bits per heavy atom. The summed E-state index contributed by atoms with van der Waals surface area (Å²) in [4.78, 5) is 23.9. The summed E-state index contributed by atoms with van der Waals surface area (Å²) in [7, 11) is 0. The van der Waals surface area contributed by atoms with E-state index >= 15 is 0 Å². The highest BCUT2D eigenvalue weighted by Gasteiger charge is 2.57. The van der Waals surface area contributed by atoms with E-state index < -0.39 is 0 Å². The molecule has 0 aromatic heterocycles. The molecule has 0 radical (unpaired) electrons. The summed E-state index contributed by atoms with van der Waals surface area (Å²) in [5.74, 6) is 4.15. The van der Waals surface area contributed by atoms with Gasteiger partial charge in [0.2, 0.25) is 0 Å². The summed E-state index contributed by atoms with van der Waals surface area (Å²) in [5.41, 5.74) is -0.249. The third-order valence-electron chi connectivity index (χ3n) is 8.32. The molecular formula is C21H32O3. The van der Waals surface area contributed by atoms with Gasteiger partial charge in [0.1, 0.15) is 11.4 Å². The maximum atomic E-state index is 12.4. The van der Waals surface area contributed by atoms with Crippen LogP contribution in [0.1, 0.15) is 78.6 Å². The Hall–Kier alpha value is -0.860. The normalized spacial score (nSPS) is 50.6. The Morgan fingerprint density at radius 1 is 1.00 bits per heavy atom. The van der Waals surface area contributed by atoms with Gasteiger partial charge >= 0.3 is 5.97 Å². The van der Waals surface area contributed by atoms with Crippen LogP contribution in [0.5, 0.6) is 0 Å². The zero-order chi connectivity index (χ0) is 17.1. The lowest BCUT2D eigenvalue weighted by atomic mass is 9.50. The summed E-state index contributed by atoms with van der Waals surface area (Å²) in [5, 5.41) is 0. The Labute approximate surface area is 145 Å². The molecule has 0 aliphatic heterocycles. The molecular weight excluding hydrogens is 300 g/mol. The van der Waals surface area contributed by atoms with Gasteiger partial charge < -0.3 is 4.74 Å². The molecule has 3 heteroatoms. The quantitative estimate of drug-likeness (QED) is 0.663. The lowest BCUT2D eigenvalue weighted by Gasteiger charge is -2.56. The monoisotopic (exact) mass is 332 g/mol. The predicted molar refractivity (Wildman–Crippen MR) is 92.3 cm³/mol. The number of esters is 1. The van der Waals surface area contributed by atoms with Gasteiger partial charge in [-0.2, -0.15) is 0 Å². The number of hydrogen-bond acceptors (Lipinski definition) is 3. The average Bonchev–Trinajstić information content (AvgIpc) is 2.81. The van der Waals surface area contributed by atoms with Crippen molar-refractivity contribution in [3.05, 3.63) is 0 Å². The van der Waals surface area contributed by atoms with Crippen LogP contribution in [0, 0.1) is 35.0 Å². The molecule has 134 valence electrons. The molecule has 4 fully saturated rings. The maximum absolute atomic E-state index is 12.4. The number of ether oxygens (including phenoxy) is 1. The van der Waals surface area contributed by atoms with Crippen molar-refractivity contribution in [1.82, 2.24) is 0 Å². The van der Waals surface area contributed by atoms with Gasteiger partial charge in [-0.25, -0.2) is 0 Å². The fraction of sp³-hybridized carbons (Fsp3) is 0.905. The second-order valence-corrected chi connectivity index (χ2v) is 9.64. The van der Waals surface area contributed by atoms with Gasteiger partial charge in [-0.1, -0.05) is 6.92 Å². The average molecular weight is 332 g/mol. The van der Waals surface area contributed by atoms with Crippen molar-refractivity contribution in [1.29, 1.82) is 0 Å². The molecule has 0 aromatic rings. The first-order valence-electron chi connectivity index (χ1n) is 10.1. The van der Waals surface area contributed by atoms with Crippen LogP contribution in [0.3, 0.4) is 0 Å². The highest BCUT2D eigenvalue weighted by molar-refractivity contribution is 5.87. The van der Waals surface area contributed by atoms with Crippen molar-refractivity contribution < 1.29 is 14.3 Å². The number of rotatable bonds is 1. The first kappa shape index (κ1) is 16.6. The van der Waals surface area contributed by atoms with Crippen LogP contribution in [0.2, 0.25) is 0 Å². The van der Waals surface area contributed by atoms with E-state index in [1.807, 2.05) is 0 Å². The van der Waals surface area contributed by atoms with Crippen LogP contribution in [0.4, 0.5) is 0 Å². The molecule has 3 nitrogen and oxygen atoms in total. The van der Waals surface area contributed by atoms with Crippen LogP contribution >= 0.6 is 0 Å². The minimum absolute atomic E-state index is 0.00503. The zero-order valence-corrected chi connectivity index (χ0v) is 15.5. The maximum Gasteiger partial charge on any atom is 0.303 e. The van der Waals surface area contributed by atoms with E-state index in [0.717, 1.165) is 49.9 Å². The molecule has 4 rings (SSSR count). The van der Waals surface area contributed by atoms with E-state index in [9.17, 15) is 9.59 Å². The second-order valence-electron chi connectivity index (χ2n) is 9.64. The first-order chi connectivity index (χ1) is 11.3. The molecule has 7 atom stereocenters. The third kappa shape index (κ3) is 2.45. The van der Waals surface area contributed by atoms with Gasteiger partial charge in [-0.05, 0) is 87.9 Å². The van der Waals surface area contributed by atoms with Gasteiger partial charge in [-0.15, -0.1) is 0 Å². The SMILES string of the molecule is CC(=O)O[C@]1(C)CC[C@H]2[C@H](CC[C@@H]3[C@@H]2CC[C@]2(C)C(=O)CC[C@@H]32)C1. The number of fused-ring (bicyclic) bond motifs is 5. The minimum atomic E-state index is -0.244. The van der Waals surface area contributed by atoms with Crippen molar-refractivity contribution in [3.63, 3.8) is 0 Å². The Bertz CT molecular complexity index is 555. The fourth-order valence-corrected chi connectivity index (χ4v) is 7.28. The highest BCUT2D eigenvalue weighted by Crippen LogP contribution is 2.62. The molecule has 0 spiro atoms. The Balaban J connectivity index is 1.51. The van der Waals surface area contributed by atoms with Gasteiger partial charge in [0, 0.05) is 18.8 Å². The summed E-state index contributed by atoms with van der Waals surface area (Å²) in [6.45, 7) is 5.92. The number of ketones is 1. The smallest absolute Gasteiger partial charge is 0.303 e. The number of carbonyl (C=O) groups is 2. The molecule has 0 N–H and O–H groups in total. The van der Waals surface area contributed by atoms with Gasteiger partial charge in [-0.3, -0.25) is 9.59 Å². The number of carbonyl (C=O) groups excluding carboxylic acids is 2. The van der Waals surface area contributed by atoms with E-state index in [-0.39, 0.29) is 17.0 Å². The standard InChI is InChI=1S/C21H32O3/c1-13(22)24-20(2)10-8-15-14(12-20)4-5-17-16(15)9-11-21(3)18(17)6-7-19(21)23/h14-18H,4-12H2,1-3H3/t14-,15+,16-,17-,18+,20-,21+/m1/s1. The van der Waals surface area contributed by atoms with Crippen LogP contribution in [-0.4, -0.2) is 17.4 Å². The Kier molecular flexibility index (Phi) is 3.85. The van der Waals surface area contributed by atoms with E-state index in [1.165, 1.54) is 32.6 Å². The van der Waals surface area contributed by atoms with E-state index in [0.29, 0.717) is 17.6 Å². The lowest BCUT2D eigenvalue weighted by Crippen LogP contribution is -2.51. The molecule has 4 aliphatic rings. The van der Waals surface area contributed by atoms with Gasteiger partial charge in [0.15, 0.2) is 0 Å². The van der Waals surface area contributed by atoms with E-state index in [4.69, 9.17) is 4.74 Å². The summed E-state index contributed by atoms with van der Waals surface area (Å²) < 4.78 is 5.68. The molecule has 0 heterocycles. The molecule has 0 aromatic carbocycles. The van der Waals surface area contributed by atoms with E-state index in [1.54, 1.807) is 0 Å². The fourth-order valence-electron chi connectivity index (χ4n) is 7.28. The van der Waals surface area contributed by atoms with Gasteiger partial charge in [0.25, 0.3) is 0 Å². The van der Waals surface area contributed by atoms with Crippen molar-refractivity contribution in [2.75, 3.05) is 0 Å². The molecule has 0 unspecified atom stereocenters. The minimum Gasteiger partial charge on any atom is -0.460 e. The summed E-state index contributed by atoms with van der Waals surface area (Å²) >= 11 is 0. The lowest BCUT2D eigenvalue weighted by molar-refractivity contribution is -0.166. The Morgan fingerprint density at radius 3 is 2.50 bits per heavy atom. The third-order valence-corrected chi connectivity index (χ3v) is 8.32. The molecule has 4 aliphatic carbocycles. The largest absolute Gasteiger partial charge is 0.460 e. The van der Waals surface area contributed by atoms with Crippen molar-refractivity contribution in [2.24, 2.45) is 35.0 Å². The number of Topliss-reactive ketones (excluding diaryl/α,β-unsaturated/α-hetero) is 1. The van der Waals surface area contributed by atoms with Crippen LogP contribution in [0.25, 0.3) is 0 Å². The molecule has 4 saturated carbocycles. The zero-order valence-electron chi connectivity index (χ0n) is 15.5. The van der Waals surface area contributed by atoms with Crippen LogP contribution in [-0.2, 0) is 14.3 Å². The predicted octanol–water partition coefficient (Wildman–Crippen LogP) is 4.53. The molecule has 0 amide bonds. The second kappa shape index (κ2) is 5.57. The van der Waals surface area contributed by atoms with Crippen molar-refractivity contribution >= 4 is 11.8 Å². The summed E-state index contributed by atoms with van der Waals surface area (Å²) in [6.07, 6.45) is 10.1. The van der Waals surface area contributed by atoms with Gasteiger partial charge in [0.05, 0.1) is 0 Å². The molecule has 0 saturated heterocycles.